The number of nitrogens with zero attached hydrogens (tertiary/aromatic N) is 3. The molecule has 0 saturated carbocycles. The Morgan fingerprint density at radius 1 is 1.37 bits per heavy atom. The zero-order valence-corrected chi connectivity index (χ0v) is 10.2. The Morgan fingerprint density at radius 2 is 2.16 bits per heavy atom. The Bertz CT molecular complexity index is 621. The lowest BCUT2D eigenvalue weighted by Gasteiger charge is -2.06. The maximum Gasteiger partial charge on any atom is 0.338 e. The first-order chi connectivity index (χ1) is 9.09. The second-order valence-corrected chi connectivity index (χ2v) is 3.84. The van der Waals surface area contributed by atoms with Gasteiger partial charge in [-0.25, -0.2) is 9.78 Å². The first-order valence-corrected chi connectivity index (χ1v) is 5.52. The topological polar surface area (TPSA) is 97.1 Å². The summed E-state index contributed by atoms with van der Waals surface area (Å²) in [4.78, 5) is 30.7. The van der Waals surface area contributed by atoms with E-state index in [0.717, 1.165) is 0 Å². The number of carboxylic acid groups (broad SMARTS) is 1. The van der Waals surface area contributed by atoms with E-state index >= 15 is 0 Å². The van der Waals surface area contributed by atoms with E-state index in [9.17, 15) is 9.59 Å². The largest absolute Gasteiger partial charge is 0.478 e. The van der Waals surface area contributed by atoms with Gasteiger partial charge in [-0.3, -0.25) is 9.78 Å². The van der Waals surface area contributed by atoms with Gasteiger partial charge >= 0.3 is 5.97 Å². The molecule has 0 unspecified atom stereocenters. The molecule has 7 nitrogen and oxygen atoms in total. The van der Waals surface area contributed by atoms with E-state index in [0.29, 0.717) is 5.82 Å². The van der Waals surface area contributed by atoms with Gasteiger partial charge in [0.05, 0.1) is 12.1 Å². The first kappa shape index (κ1) is 12.7. The van der Waals surface area contributed by atoms with Crippen molar-refractivity contribution < 1.29 is 14.7 Å². The Labute approximate surface area is 108 Å². The van der Waals surface area contributed by atoms with Crippen molar-refractivity contribution in [3.63, 3.8) is 0 Å². The minimum Gasteiger partial charge on any atom is -0.478 e. The summed E-state index contributed by atoms with van der Waals surface area (Å²) < 4.78 is 1.76. The maximum atomic E-state index is 11.9. The number of imidazole rings is 1. The van der Waals surface area contributed by atoms with Gasteiger partial charge in [-0.15, -0.1) is 0 Å². The predicted molar refractivity (Wildman–Crippen MR) is 65.6 cm³/mol. The van der Waals surface area contributed by atoms with Crippen molar-refractivity contribution in [1.29, 1.82) is 0 Å². The van der Waals surface area contributed by atoms with Gasteiger partial charge in [-0.05, 0) is 12.1 Å². The predicted octanol–water partition coefficient (Wildman–Crippen LogP) is 0.443. The molecular formula is C12H12N4O3. The highest BCUT2D eigenvalue weighted by Gasteiger charge is 2.17. The van der Waals surface area contributed by atoms with Crippen LogP contribution in [0.1, 0.15) is 26.7 Å². The van der Waals surface area contributed by atoms with Crippen molar-refractivity contribution in [1.82, 2.24) is 19.9 Å². The molecule has 1 amide bonds. The minimum atomic E-state index is -1.18. The third kappa shape index (κ3) is 2.76. The van der Waals surface area contributed by atoms with Crippen LogP contribution in [-0.4, -0.2) is 31.5 Å². The summed E-state index contributed by atoms with van der Waals surface area (Å²) in [5, 5.41) is 11.6. The van der Waals surface area contributed by atoms with Crippen LogP contribution in [0, 0.1) is 0 Å². The van der Waals surface area contributed by atoms with Gasteiger partial charge in [-0.2, -0.15) is 0 Å². The number of rotatable bonds is 4. The molecule has 0 aliphatic heterocycles. The van der Waals surface area contributed by atoms with E-state index in [4.69, 9.17) is 5.11 Å². The number of aryl methyl sites for hydroxylation is 1. The molecule has 98 valence electrons. The van der Waals surface area contributed by atoms with Crippen LogP contribution >= 0.6 is 0 Å². The zero-order valence-electron chi connectivity index (χ0n) is 10.2. The van der Waals surface area contributed by atoms with Gasteiger partial charge in [0, 0.05) is 25.6 Å². The third-order valence-electron chi connectivity index (χ3n) is 2.58. The number of aromatic carboxylic acids is 1. The Kier molecular flexibility index (Phi) is 3.56. The van der Waals surface area contributed by atoms with Crippen LogP contribution < -0.4 is 5.32 Å². The number of carbonyl (C=O) groups is 2. The number of carbonyl (C=O) groups excluding carboxylic acids is 1. The van der Waals surface area contributed by atoms with E-state index in [1.165, 1.54) is 18.3 Å². The summed E-state index contributed by atoms with van der Waals surface area (Å²) in [7, 11) is 1.80. The van der Waals surface area contributed by atoms with E-state index in [-0.39, 0.29) is 17.8 Å². The van der Waals surface area contributed by atoms with Crippen molar-refractivity contribution >= 4 is 11.9 Å². The van der Waals surface area contributed by atoms with Gasteiger partial charge in [0.2, 0.25) is 0 Å². The molecule has 0 fully saturated rings. The monoisotopic (exact) mass is 260 g/mol. The lowest BCUT2D eigenvalue weighted by molar-refractivity contribution is 0.0690. The SMILES string of the molecule is Cn1ccnc1CNC(=O)c1ncccc1C(=O)O. The average molecular weight is 260 g/mol. The standard InChI is InChI=1S/C12H12N4O3/c1-16-6-5-13-9(16)7-15-11(17)10-8(12(18)19)3-2-4-14-10/h2-6H,7H2,1H3,(H,15,17)(H,18,19). The van der Waals surface area contributed by atoms with Crippen LogP contribution in [0.5, 0.6) is 0 Å². The van der Waals surface area contributed by atoms with Crippen LogP contribution in [0.25, 0.3) is 0 Å². The Balaban J connectivity index is 2.13. The highest BCUT2D eigenvalue weighted by molar-refractivity contribution is 6.03. The summed E-state index contributed by atoms with van der Waals surface area (Å²) in [6.45, 7) is 0.206. The molecule has 0 aliphatic carbocycles. The van der Waals surface area contributed by atoms with E-state index in [1.54, 1.807) is 24.0 Å². The number of aromatic nitrogens is 3. The fourth-order valence-electron chi connectivity index (χ4n) is 1.57. The van der Waals surface area contributed by atoms with Gasteiger partial charge in [-0.1, -0.05) is 0 Å². The van der Waals surface area contributed by atoms with E-state index in [1.807, 2.05) is 0 Å². The van der Waals surface area contributed by atoms with Crippen LogP contribution in [0.4, 0.5) is 0 Å². The van der Waals surface area contributed by atoms with Crippen LogP contribution in [0.2, 0.25) is 0 Å². The molecule has 19 heavy (non-hydrogen) atoms. The van der Waals surface area contributed by atoms with Crippen LogP contribution in [0.15, 0.2) is 30.7 Å². The highest BCUT2D eigenvalue weighted by Crippen LogP contribution is 2.05. The fraction of sp³-hybridized carbons (Fsp3) is 0.167. The number of hydrogen-bond donors (Lipinski definition) is 2. The summed E-state index contributed by atoms with van der Waals surface area (Å²) in [5.41, 5.74) is -0.232. The summed E-state index contributed by atoms with van der Waals surface area (Å²) in [5.74, 6) is -1.06. The summed E-state index contributed by atoms with van der Waals surface area (Å²) in [6.07, 6.45) is 4.75. The van der Waals surface area contributed by atoms with Crippen molar-refractivity contribution in [2.45, 2.75) is 6.54 Å². The van der Waals surface area contributed by atoms with Crippen molar-refractivity contribution in [2.75, 3.05) is 0 Å². The number of carboxylic acids is 1. The number of pyridine rings is 1. The number of amides is 1. The lowest BCUT2D eigenvalue weighted by atomic mass is 10.2. The molecule has 0 radical (unpaired) electrons. The van der Waals surface area contributed by atoms with E-state index < -0.39 is 11.9 Å². The molecule has 7 heteroatoms. The number of nitrogens with one attached hydrogen (secondary N) is 1. The molecule has 2 aromatic heterocycles. The van der Waals surface area contributed by atoms with Crippen molar-refractivity contribution in [3.05, 3.63) is 47.8 Å². The normalized spacial score (nSPS) is 10.2. The second-order valence-electron chi connectivity index (χ2n) is 3.84. The van der Waals surface area contributed by atoms with Crippen molar-refractivity contribution in [3.8, 4) is 0 Å². The zero-order chi connectivity index (χ0) is 13.8. The lowest BCUT2D eigenvalue weighted by Crippen LogP contribution is -2.27. The van der Waals surface area contributed by atoms with Gasteiger partial charge in [0.1, 0.15) is 11.5 Å². The Hall–Kier alpha value is -2.70. The molecule has 2 heterocycles. The smallest absolute Gasteiger partial charge is 0.338 e. The van der Waals surface area contributed by atoms with Gasteiger partial charge in [0.25, 0.3) is 5.91 Å². The van der Waals surface area contributed by atoms with Gasteiger partial charge < -0.3 is 15.0 Å². The quantitative estimate of drug-likeness (QED) is 0.831. The summed E-state index contributed by atoms with van der Waals surface area (Å²) >= 11 is 0. The molecule has 2 aromatic rings. The second kappa shape index (κ2) is 5.30. The summed E-state index contributed by atoms with van der Waals surface area (Å²) in [6, 6.07) is 2.81. The van der Waals surface area contributed by atoms with Gasteiger partial charge in [0.15, 0.2) is 0 Å². The highest BCUT2D eigenvalue weighted by atomic mass is 16.4. The molecular weight excluding hydrogens is 248 g/mol. The molecule has 2 rings (SSSR count). The maximum absolute atomic E-state index is 11.9. The molecule has 0 saturated heterocycles. The third-order valence-corrected chi connectivity index (χ3v) is 2.58. The minimum absolute atomic E-state index is 0.107. The van der Waals surface area contributed by atoms with Crippen LogP contribution in [-0.2, 0) is 13.6 Å². The average Bonchev–Trinajstić information content (AvgIpc) is 2.81. The van der Waals surface area contributed by atoms with E-state index in [2.05, 4.69) is 15.3 Å². The molecule has 0 aliphatic rings. The van der Waals surface area contributed by atoms with Crippen molar-refractivity contribution in [2.24, 2.45) is 7.05 Å². The molecule has 0 aromatic carbocycles. The molecule has 0 bridgehead atoms. The fourth-order valence-corrected chi connectivity index (χ4v) is 1.57. The molecule has 0 atom stereocenters. The molecule has 2 N–H and O–H groups in total. The Morgan fingerprint density at radius 3 is 2.79 bits per heavy atom. The first-order valence-electron chi connectivity index (χ1n) is 5.52. The van der Waals surface area contributed by atoms with Crippen LogP contribution in [0.3, 0.4) is 0 Å². The number of hydrogen-bond acceptors (Lipinski definition) is 4. The molecule has 0 spiro atoms.